The molecular formula is C10H17N3O2S2. The highest BCUT2D eigenvalue weighted by molar-refractivity contribution is 7.98. The van der Waals surface area contributed by atoms with Crippen LogP contribution in [0.15, 0.2) is 0 Å². The van der Waals surface area contributed by atoms with Crippen LogP contribution in [0.1, 0.15) is 24.1 Å². The van der Waals surface area contributed by atoms with Crippen LogP contribution in [0.5, 0.6) is 0 Å². The number of nitrogens with zero attached hydrogens (tertiary/aromatic N) is 3. The molecule has 7 heteroatoms. The largest absolute Gasteiger partial charge is 0.246 e. The monoisotopic (exact) mass is 275 g/mol. The van der Waals surface area contributed by atoms with Gasteiger partial charge in [-0.3, -0.25) is 0 Å². The number of sulfone groups is 1. The Kier molecular flexibility index (Phi) is 3.77. The predicted octanol–water partition coefficient (Wildman–Crippen LogP) is 0.852. The minimum absolute atomic E-state index is 0.0157. The van der Waals surface area contributed by atoms with Gasteiger partial charge in [-0.15, -0.1) is 0 Å². The molecular weight excluding hydrogens is 258 g/mol. The fourth-order valence-electron chi connectivity index (χ4n) is 2.10. The third kappa shape index (κ3) is 3.01. The van der Waals surface area contributed by atoms with E-state index in [1.807, 2.05) is 17.9 Å². The van der Waals surface area contributed by atoms with Crippen LogP contribution in [0.3, 0.4) is 0 Å². The van der Waals surface area contributed by atoms with E-state index in [0.717, 1.165) is 23.8 Å². The van der Waals surface area contributed by atoms with Crippen LogP contribution in [-0.4, -0.2) is 46.7 Å². The Bertz CT molecular complexity index is 496. The van der Waals surface area contributed by atoms with Gasteiger partial charge in [0.05, 0.1) is 17.5 Å². The van der Waals surface area contributed by atoms with Crippen LogP contribution in [0.25, 0.3) is 0 Å². The molecule has 0 saturated carbocycles. The summed E-state index contributed by atoms with van der Waals surface area (Å²) in [4.78, 5) is 4.38. The standard InChI is InChI=1S/C10H17N3O2S2/c1-8-11-10(3-5-16-2)13(12-8)9-4-6-17(14,15)7-9/h9H,3-7H2,1-2H3/t9-/m0/s1. The first-order valence-electron chi connectivity index (χ1n) is 5.63. The minimum Gasteiger partial charge on any atom is -0.246 e. The topological polar surface area (TPSA) is 64.8 Å². The van der Waals surface area contributed by atoms with Crippen LogP contribution >= 0.6 is 11.8 Å². The molecule has 0 amide bonds. The van der Waals surface area contributed by atoms with E-state index in [1.165, 1.54) is 0 Å². The Morgan fingerprint density at radius 3 is 2.88 bits per heavy atom. The Morgan fingerprint density at radius 1 is 1.53 bits per heavy atom. The Hall–Kier alpha value is -0.560. The Morgan fingerprint density at radius 2 is 2.29 bits per heavy atom. The molecule has 1 aliphatic rings. The second-order valence-electron chi connectivity index (χ2n) is 4.32. The average molecular weight is 275 g/mol. The van der Waals surface area contributed by atoms with E-state index in [0.29, 0.717) is 6.42 Å². The van der Waals surface area contributed by atoms with E-state index in [-0.39, 0.29) is 17.5 Å². The van der Waals surface area contributed by atoms with Crippen molar-refractivity contribution in [2.45, 2.75) is 25.8 Å². The smallest absolute Gasteiger partial charge is 0.152 e. The summed E-state index contributed by atoms with van der Waals surface area (Å²) >= 11 is 1.76. The number of aromatic nitrogens is 3. The lowest BCUT2D eigenvalue weighted by atomic mass is 10.2. The van der Waals surface area contributed by atoms with Crippen LogP contribution in [0, 0.1) is 6.92 Å². The third-order valence-corrected chi connectivity index (χ3v) is 5.25. The maximum Gasteiger partial charge on any atom is 0.152 e. The molecule has 0 aromatic carbocycles. The van der Waals surface area contributed by atoms with E-state index in [9.17, 15) is 8.42 Å². The van der Waals surface area contributed by atoms with Gasteiger partial charge in [0.2, 0.25) is 0 Å². The lowest BCUT2D eigenvalue weighted by molar-refractivity contribution is 0.478. The summed E-state index contributed by atoms with van der Waals surface area (Å²) in [6.07, 6.45) is 3.56. The molecule has 96 valence electrons. The number of thioether (sulfide) groups is 1. The SMILES string of the molecule is CSCCc1nc(C)nn1[C@H]1CCS(=O)(=O)C1. The molecule has 0 bridgehead atoms. The predicted molar refractivity (Wildman–Crippen MR) is 69.2 cm³/mol. The average Bonchev–Trinajstić information content (AvgIpc) is 2.78. The van der Waals surface area contributed by atoms with Gasteiger partial charge in [0.25, 0.3) is 0 Å². The van der Waals surface area contributed by atoms with E-state index in [4.69, 9.17) is 0 Å². The Balaban J connectivity index is 2.20. The molecule has 2 heterocycles. The number of rotatable bonds is 4. The third-order valence-electron chi connectivity index (χ3n) is 2.89. The first-order valence-corrected chi connectivity index (χ1v) is 8.85. The summed E-state index contributed by atoms with van der Waals surface area (Å²) in [7, 11) is -2.87. The summed E-state index contributed by atoms with van der Waals surface area (Å²) in [5, 5.41) is 4.34. The van der Waals surface area contributed by atoms with Gasteiger partial charge in [-0.05, 0) is 19.6 Å². The van der Waals surface area contributed by atoms with E-state index >= 15 is 0 Å². The molecule has 0 unspecified atom stereocenters. The molecule has 1 saturated heterocycles. The highest BCUT2D eigenvalue weighted by Gasteiger charge is 2.31. The molecule has 0 N–H and O–H groups in total. The van der Waals surface area contributed by atoms with Crippen molar-refractivity contribution in [1.82, 2.24) is 14.8 Å². The summed E-state index contributed by atoms with van der Waals surface area (Å²) in [6, 6.07) is -0.0157. The van der Waals surface area contributed by atoms with Gasteiger partial charge >= 0.3 is 0 Å². The van der Waals surface area contributed by atoms with Crippen molar-refractivity contribution >= 4 is 21.6 Å². The van der Waals surface area contributed by atoms with Crippen LogP contribution < -0.4 is 0 Å². The van der Waals surface area contributed by atoms with Crippen LogP contribution in [-0.2, 0) is 16.3 Å². The zero-order chi connectivity index (χ0) is 12.5. The summed E-state index contributed by atoms with van der Waals surface area (Å²) < 4.78 is 24.8. The maximum atomic E-state index is 11.5. The summed E-state index contributed by atoms with van der Waals surface area (Å²) in [5.74, 6) is 3.11. The highest BCUT2D eigenvalue weighted by atomic mass is 32.2. The molecule has 0 radical (unpaired) electrons. The van der Waals surface area contributed by atoms with E-state index < -0.39 is 9.84 Å². The van der Waals surface area contributed by atoms with Crippen molar-refractivity contribution in [3.05, 3.63) is 11.6 Å². The molecule has 0 aliphatic carbocycles. The lowest BCUT2D eigenvalue weighted by Gasteiger charge is -2.11. The normalized spacial score (nSPS) is 23.1. The number of hydrogen-bond donors (Lipinski definition) is 0. The van der Waals surface area contributed by atoms with Crippen molar-refractivity contribution in [2.24, 2.45) is 0 Å². The quantitative estimate of drug-likeness (QED) is 0.815. The molecule has 1 aromatic heterocycles. The molecule has 2 rings (SSSR count). The van der Waals surface area contributed by atoms with Gasteiger partial charge in [0, 0.05) is 12.2 Å². The molecule has 1 aliphatic heterocycles. The summed E-state index contributed by atoms with van der Waals surface area (Å²) in [6.45, 7) is 1.85. The van der Waals surface area contributed by atoms with Crippen LogP contribution in [0.4, 0.5) is 0 Å². The zero-order valence-corrected chi connectivity index (χ0v) is 11.7. The van der Waals surface area contributed by atoms with Gasteiger partial charge in [-0.1, -0.05) is 0 Å². The second-order valence-corrected chi connectivity index (χ2v) is 7.53. The molecule has 5 nitrogen and oxygen atoms in total. The molecule has 0 spiro atoms. The fraction of sp³-hybridized carbons (Fsp3) is 0.800. The van der Waals surface area contributed by atoms with Gasteiger partial charge in [-0.2, -0.15) is 16.9 Å². The molecule has 17 heavy (non-hydrogen) atoms. The maximum absolute atomic E-state index is 11.5. The van der Waals surface area contributed by atoms with E-state index in [2.05, 4.69) is 10.1 Å². The fourth-order valence-corrected chi connectivity index (χ4v) is 4.18. The van der Waals surface area contributed by atoms with Crippen molar-refractivity contribution in [2.75, 3.05) is 23.5 Å². The van der Waals surface area contributed by atoms with Crippen molar-refractivity contribution in [3.63, 3.8) is 0 Å². The first-order chi connectivity index (χ1) is 8.02. The van der Waals surface area contributed by atoms with E-state index in [1.54, 1.807) is 11.8 Å². The van der Waals surface area contributed by atoms with Crippen molar-refractivity contribution < 1.29 is 8.42 Å². The molecule has 1 fully saturated rings. The van der Waals surface area contributed by atoms with Crippen molar-refractivity contribution in [3.8, 4) is 0 Å². The first kappa shape index (κ1) is 12.9. The van der Waals surface area contributed by atoms with Gasteiger partial charge in [0.15, 0.2) is 9.84 Å². The Labute approximate surface area is 106 Å². The minimum atomic E-state index is -2.87. The van der Waals surface area contributed by atoms with Crippen molar-refractivity contribution in [1.29, 1.82) is 0 Å². The number of aryl methyl sites for hydroxylation is 2. The summed E-state index contributed by atoms with van der Waals surface area (Å²) in [5.41, 5.74) is 0. The van der Waals surface area contributed by atoms with Gasteiger partial charge in [0.1, 0.15) is 11.6 Å². The lowest BCUT2D eigenvalue weighted by Crippen LogP contribution is -2.16. The second kappa shape index (κ2) is 4.97. The van der Waals surface area contributed by atoms with Crippen LogP contribution in [0.2, 0.25) is 0 Å². The molecule has 1 atom stereocenters. The van der Waals surface area contributed by atoms with Gasteiger partial charge in [-0.25, -0.2) is 18.1 Å². The zero-order valence-electron chi connectivity index (χ0n) is 10.1. The highest BCUT2D eigenvalue weighted by Crippen LogP contribution is 2.24. The molecule has 1 aromatic rings. The van der Waals surface area contributed by atoms with Gasteiger partial charge < -0.3 is 0 Å². The number of hydrogen-bond acceptors (Lipinski definition) is 5.